The summed E-state index contributed by atoms with van der Waals surface area (Å²) in [4.78, 5) is 2.55. The summed E-state index contributed by atoms with van der Waals surface area (Å²) in [7, 11) is 0. The van der Waals surface area contributed by atoms with Crippen LogP contribution in [0.2, 0.25) is 0 Å². The maximum Gasteiger partial charge on any atom is 0.0369 e. The highest BCUT2D eigenvalue weighted by molar-refractivity contribution is 5.52. The van der Waals surface area contributed by atoms with Gasteiger partial charge < -0.3 is 10.2 Å². The van der Waals surface area contributed by atoms with Gasteiger partial charge in [0.05, 0.1) is 0 Å². The first-order chi connectivity index (χ1) is 8.33. The molecule has 0 unspecified atom stereocenters. The summed E-state index contributed by atoms with van der Waals surface area (Å²) in [5, 5.41) is 3.46. The number of hydrogen-bond acceptors (Lipinski definition) is 2. The van der Waals surface area contributed by atoms with Crippen LogP contribution in [0.4, 0.5) is 5.69 Å². The molecule has 0 amide bonds. The standard InChI is InChI=1S/C15H22N2/c1-12-5-8-17(9-6-12)15-3-2-13-4-7-16-11-14(13)10-15/h2-3,10,12,16H,4-9,11H2,1H3. The molecule has 92 valence electrons. The number of fused-ring (bicyclic) bond motifs is 1. The smallest absolute Gasteiger partial charge is 0.0369 e. The van der Waals surface area contributed by atoms with Crippen molar-refractivity contribution in [1.82, 2.24) is 5.32 Å². The van der Waals surface area contributed by atoms with Gasteiger partial charge >= 0.3 is 0 Å². The quantitative estimate of drug-likeness (QED) is 0.797. The molecular weight excluding hydrogens is 208 g/mol. The third kappa shape index (κ3) is 2.32. The van der Waals surface area contributed by atoms with Crippen molar-refractivity contribution in [3.8, 4) is 0 Å². The third-order valence-corrected chi connectivity index (χ3v) is 4.23. The van der Waals surface area contributed by atoms with Crippen LogP contribution >= 0.6 is 0 Å². The van der Waals surface area contributed by atoms with Crippen LogP contribution in [0.15, 0.2) is 18.2 Å². The van der Waals surface area contributed by atoms with Crippen molar-refractivity contribution in [2.45, 2.75) is 32.7 Å². The fraction of sp³-hybridized carbons (Fsp3) is 0.600. The van der Waals surface area contributed by atoms with E-state index in [4.69, 9.17) is 0 Å². The topological polar surface area (TPSA) is 15.3 Å². The zero-order valence-corrected chi connectivity index (χ0v) is 10.7. The van der Waals surface area contributed by atoms with E-state index in [1.165, 1.54) is 49.2 Å². The van der Waals surface area contributed by atoms with Crippen LogP contribution in [0, 0.1) is 5.92 Å². The highest BCUT2D eigenvalue weighted by Gasteiger charge is 2.17. The minimum Gasteiger partial charge on any atom is -0.372 e. The molecule has 2 aliphatic heterocycles. The van der Waals surface area contributed by atoms with E-state index in [0.717, 1.165) is 19.0 Å². The van der Waals surface area contributed by atoms with Gasteiger partial charge in [0.1, 0.15) is 0 Å². The Kier molecular flexibility index (Phi) is 3.06. The molecule has 0 saturated carbocycles. The summed E-state index contributed by atoms with van der Waals surface area (Å²) in [5.74, 6) is 0.908. The molecule has 1 fully saturated rings. The van der Waals surface area contributed by atoms with E-state index in [9.17, 15) is 0 Å². The highest BCUT2D eigenvalue weighted by atomic mass is 15.1. The lowest BCUT2D eigenvalue weighted by molar-refractivity contribution is 0.438. The van der Waals surface area contributed by atoms with Crippen LogP contribution in [0.1, 0.15) is 30.9 Å². The van der Waals surface area contributed by atoms with Crippen molar-refractivity contribution in [3.05, 3.63) is 29.3 Å². The van der Waals surface area contributed by atoms with Crippen molar-refractivity contribution < 1.29 is 0 Å². The molecule has 1 aromatic carbocycles. The van der Waals surface area contributed by atoms with Crippen LogP contribution in [0.25, 0.3) is 0 Å². The molecule has 0 radical (unpaired) electrons. The first-order valence-corrected chi connectivity index (χ1v) is 6.90. The Balaban J connectivity index is 1.79. The lowest BCUT2D eigenvalue weighted by Crippen LogP contribution is -2.33. The summed E-state index contributed by atoms with van der Waals surface area (Å²) < 4.78 is 0. The molecule has 0 aromatic heterocycles. The maximum atomic E-state index is 3.46. The molecule has 0 bridgehead atoms. The van der Waals surface area contributed by atoms with Crippen molar-refractivity contribution in [1.29, 1.82) is 0 Å². The Bertz CT molecular complexity index is 392. The van der Waals surface area contributed by atoms with Gasteiger partial charge in [0.2, 0.25) is 0 Å². The average molecular weight is 230 g/mol. The second-order valence-corrected chi connectivity index (χ2v) is 5.55. The van der Waals surface area contributed by atoms with Gasteiger partial charge in [-0.3, -0.25) is 0 Å². The zero-order valence-electron chi connectivity index (χ0n) is 10.7. The molecule has 0 spiro atoms. The Hall–Kier alpha value is -1.02. The molecule has 17 heavy (non-hydrogen) atoms. The lowest BCUT2D eigenvalue weighted by atomic mass is 9.97. The molecule has 2 aliphatic rings. The molecule has 1 N–H and O–H groups in total. The first-order valence-electron chi connectivity index (χ1n) is 6.90. The van der Waals surface area contributed by atoms with Crippen molar-refractivity contribution in [3.63, 3.8) is 0 Å². The largest absolute Gasteiger partial charge is 0.372 e. The Morgan fingerprint density at radius 2 is 2.00 bits per heavy atom. The van der Waals surface area contributed by atoms with E-state index in [0.29, 0.717) is 0 Å². The minimum absolute atomic E-state index is 0.908. The molecule has 2 nitrogen and oxygen atoms in total. The van der Waals surface area contributed by atoms with Crippen LogP contribution in [-0.2, 0) is 13.0 Å². The lowest BCUT2D eigenvalue weighted by Gasteiger charge is -2.33. The third-order valence-electron chi connectivity index (χ3n) is 4.23. The summed E-state index contributed by atoms with van der Waals surface area (Å²) >= 11 is 0. The number of nitrogens with zero attached hydrogens (tertiary/aromatic N) is 1. The summed E-state index contributed by atoms with van der Waals surface area (Å²) in [6, 6.07) is 7.06. The maximum absolute atomic E-state index is 3.46. The van der Waals surface area contributed by atoms with Crippen LogP contribution in [0.5, 0.6) is 0 Å². The number of anilines is 1. The number of benzene rings is 1. The van der Waals surface area contributed by atoms with Gasteiger partial charge in [-0.25, -0.2) is 0 Å². The second-order valence-electron chi connectivity index (χ2n) is 5.55. The molecule has 0 aliphatic carbocycles. The number of hydrogen-bond donors (Lipinski definition) is 1. The molecule has 1 aromatic rings. The monoisotopic (exact) mass is 230 g/mol. The van der Waals surface area contributed by atoms with E-state index in [-0.39, 0.29) is 0 Å². The Morgan fingerprint density at radius 1 is 1.18 bits per heavy atom. The van der Waals surface area contributed by atoms with Crippen LogP contribution < -0.4 is 10.2 Å². The molecule has 1 saturated heterocycles. The van der Waals surface area contributed by atoms with E-state index in [1.54, 1.807) is 0 Å². The van der Waals surface area contributed by atoms with E-state index >= 15 is 0 Å². The van der Waals surface area contributed by atoms with Gasteiger partial charge in [0, 0.05) is 25.3 Å². The predicted molar refractivity (Wildman–Crippen MR) is 72.5 cm³/mol. The van der Waals surface area contributed by atoms with E-state index in [1.807, 2.05) is 0 Å². The average Bonchev–Trinajstić information content (AvgIpc) is 2.39. The van der Waals surface area contributed by atoms with Gasteiger partial charge in [-0.15, -0.1) is 0 Å². The van der Waals surface area contributed by atoms with Gasteiger partial charge in [-0.2, -0.15) is 0 Å². The normalized spacial score (nSPS) is 21.4. The predicted octanol–water partition coefficient (Wildman–Crippen LogP) is 2.57. The molecule has 0 atom stereocenters. The van der Waals surface area contributed by atoms with Crippen LogP contribution in [0.3, 0.4) is 0 Å². The molecule has 2 heterocycles. The van der Waals surface area contributed by atoms with Gasteiger partial charge in [-0.1, -0.05) is 13.0 Å². The number of piperidine rings is 1. The van der Waals surface area contributed by atoms with Crippen molar-refractivity contribution in [2.75, 3.05) is 24.5 Å². The van der Waals surface area contributed by atoms with Crippen molar-refractivity contribution >= 4 is 5.69 Å². The summed E-state index contributed by atoms with van der Waals surface area (Å²) in [6.45, 7) is 7.01. The van der Waals surface area contributed by atoms with Crippen molar-refractivity contribution in [2.24, 2.45) is 5.92 Å². The highest BCUT2D eigenvalue weighted by Crippen LogP contribution is 2.26. The SMILES string of the molecule is CC1CCN(c2ccc3c(c2)CNCC3)CC1. The van der Waals surface area contributed by atoms with Gasteiger partial charge in [0.15, 0.2) is 0 Å². The fourth-order valence-electron chi connectivity index (χ4n) is 2.93. The van der Waals surface area contributed by atoms with E-state index < -0.39 is 0 Å². The minimum atomic E-state index is 0.908. The van der Waals surface area contributed by atoms with Crippen LogP contribution in [-0.4, -0.2) is 19.6 Å². The second kappa shape index (κ2) is 4.69. The summed E-state index contributed by atoms with van der Waals surface area (Å²) in [5.41, 5.74) is 4.48. The summed E-state index contributed by atoms with van der Waals surface area (Å²) in [6.07, 6.45) is 3.87. The number of nitrogens with one attached hydrogen (secondary N) is 1. The first kappa shape index (κ1) is 11.1. The fourth-order valence-corrected chi connectivity index (χ4v) is 2.93. The van der Waals surface area contributed by atoms with Gasteiger partial charge in [0.25, 0.3) is 0 Å². The van der Waals surface area contributed by atoms with Gasteiger partial charge in [-0.05, 0) is 55.0 Å². The van der Waals surface area contributed by atoms with E-state index in [2.05, 4.69) is 35.3 Å². The Morgan fingerprint density at radius 3 is 2.82 bits per heavy atom. The Labute approximate surface area is 104 Å². The molecular formula is C15H22N2. The number of rotatable bonds is 1. The molecule has 2 heteroatoms. The molecule has 3 rings (SSSR count). The zero-order chi connectivity index (χ0) is 11.7.